The minimum absolute atomic E-state index is 0.0814. The normalized spacial score (nSPS) is 14.0. The third kappa shape index (κ3) is 3.98. The van der Waals surface area contributed by atoms with Crippen LogP contribution in [0.25, 0.3) is 5.69 Å². The van der Waals surface area contributed by atoms with Gasteiger partial charge in [-0.1, -0.05) is 12.1 Å². The molecule has 3 aromatic rings. The fraction of sp³-hybridized carbons (Fsp3) is 0.318. The molecule has 0 radical (unpaired) electrons. The second-order valence-electron chi connectivity index (χ2n) is 7.62. The molecule has 0 bridgehead atoms. The van der Waals surface area contributed by atoms with Gasteiger partial charge < -0.3 is 24.5 Å². The average Bonchev–Trinajstić information content (AvgIpc) is 3.28. The number of aromatic amines is 1. The molecular formula is C22H25N5O4. The molecule has 1 aliphatic heterocycles. The zero-order valence-corrected chi connectivity index (χ0v) is 17.8. The topological polar surface area (TPSA) is 104 Å². The van der Waals surface area contributed by atoms with Crippen LogP contribution in [0.2, 0.25) is 0 Å². The zero-order valence-electron chi connectivity index (χ0n) is 17.8. The first-order valence-corrected chi connectivity index (χ1v) is 10.1. The van der Waals surface area contributed by atoms with Crippen LogP contribution in [0.15, 0.2) is 45.7 Å². The van der Waals surface area contributed by atoms with Gasteiger partial charge in [0.05, 0.1) is 16.9 Å². The van der Waals surface area contributed by atoms with Gasteiger partial charge in [-0.2, -0.15) is 0 Å². The molecule has 1 saturated heterocycles. The van der Waals surface area contributed by atoms with E-state index in [0.717, 1.165) is 5.69 Å². The predicted molar refractivity (Wildman–Crippen MR) is 116 cm³/mol. The molecule has 3 amide bonds. The first-order valence-electron chi connectivity index (χ1n) is 10.1. The van der Waals surface area contributed by atoms with Crippen LogP contribution in [-0.2, 0) is 0 Å². The summed E-state index contributed by atoms with van der Waals surface area (Å²) in [5.41, 5.74) is 2.18. The van der Waals surface area contributed by atoms with Crippen molar-refractivity contribution < 1.29 is 14.0 Å². The number of urea groups is 1. The maximum atomic E-state index is 12.9. The van der Waals surface area contributed by atoms with E-state index < -0.39 is 0 Å². The number of imidazole rings is 1. The van der Waals surface area contributed by atoms with Crippen LogP contribution in [0.1, 0.15) is 27.6 Å². The number of anilines is 1. The van der Waals surface area contributed by atoms with Crippen molar-refractivity contribution in [2.45, 2.75) is 20.8 Å². The number of hydrogen-bond acceptors (Lipinski definition) is 4. The maximum Gasteiger partial charge on any atom is 0.330 e. The highest BCUT2D eigenvalue weighted by Gasteiger charge is 2.27. The van der Waals surface area contributed by atoms with Gasteiger partial charge in [-0.3, -0.25) is 9.36 Å². The maximum absolute atomic E-state index is 12.9. The Labute approximate surface area is 179 Å². The Bertz CT molecular complexity index is 1180. The number of hydrogen-bond donors (Lipinski definition) is 2. The summed E-state index contributed by atoms with van der Waals surface area (Å²) in [5.74, 6) is 1.23. The van der Waals surface area contributed by atoms with Crippen molar-refractivity contribution in [1.29, 1.82) is 0 Å². The van der Waals surface area contributed by atoms with E-state index in [4.69, 9.17) is 4.42 Å². The van der Waals surface area contributed by atoms with Crippen molar-refractivity contribution in [2.75, 3.05) is 31.5 Å². The number of aryl methyl sites for hydroxylation is 3. The van der Waals surface area contributed by atoms with Gasteiger partial charge in [-0.15, -0.1) is 0 Å². The average molecular weight is 423 g/mol. The fourth-order valence-corrected chi connectivity index (χ4v) is 3.85. The molecule has 4 rings (SSSR count). The molecule has 3 heterocycles. The van der Waals surface area contributed by atoms with E-state index >= 15 is 0 Å². The number of aromatic nitrogens is 2. The van der Waals surface area contributed by atoms with Gasteiger partial charge in [0.15, 0.2) is 0 Å². The molecule has 9 heteroatoms. The number of H-pyrrole nitrogens is 1. The summed E-state index contributed by atoms with van der Waals surface area (Å²) in [6, 6.07) is 8.64. The molecule has 0 unspecified atom stereocenters. The second-order valence-corrected chi connectivity index (χ2v) is 7.62. The molecule has 0 spiro atoms. The molecule has 31 heavy (non-hydrogen) atoms. The zero-order chi connectivity index (χ0) is 22.1. The highest BCUT2D eigenvalue weighted by molar-refractivity contribution is 5.96. The lowest BCUT2D eigenvalue weighted by molar-refractivity contribution is 0.0670. The SMILES string of the molecule is Cc1cc(C(=O)N2CCN(C(=O)Nc3ccccc3-n3c(C)c[nH]c3=O)CC2)c(C)o1. The minimum Gasteiger partial charge on any atom is -0.466 e. The van der Waals surface area contributed by atoms with Crippen molar-refractivity contribution in [3.63, 3.8) is 0 Å². The number of carbonyl (C=O) groups excluding carboxylic acids is 2. The smallest absolute Gasteiger partial charge is 0.330 e. The van der Waals surface area contributed by atoms with Crippen LogP contribution < -0.4 is 11.0 Å². The Hall–Kier alpha value is -3.75. The van der Waals surface area contributed by atoms with Gasteiger partial charge in [-0.05, 0) is 39.0 Å². The Kier molecular flexibility index (Phi) is 5.41. The molecule has 1 aromatic carbocycles. The van der Waals surface area contributed by atoms with Gasteiger partial charge in [0.25, 0.3) is 5.91 Å². The second kappa shape index (κ2) is 8.17. The number of nitrogens with one attached hydrogen (secondary N) is 2. The highest BCUT2D eigenvalue weighted by Crippen LogP contribution is 2.21. The van der Waals surface area contributed by atoms with Crippen molar-refractivity contribution >= 4 is 17.6 Å². The lowest BCUT2D eigenvalue weighted by Gasteiger charge is -2.34. The van der Waals surface area contributed by atoms with E-state index in [2.05, 4.69) is 10.3 Å². The number of furan rings is 1. The van der Waals surface area contributed by atoms with Crippen molar-refractivity contribution in [3.8, 4) is 5.69 Å². The molecule has 162 valence electrons. The summed E-state index contributed by atoms with van der Waals surface area (Å²) in [6.07, 6.45) is 1.63. The first-order chi connectivity index (χ1) is 14.8. The van der Waals surface area contributed by atoms with E-state index in [0.29, 0.717) is 54.6 Å². The number of carbonyl (C=O) groups is 2. The monoisotopic (exact) mass is 423 g/mol. The fourth-order valence-electron chi connectivity index (χ4n) is 3.85. The summed E-state index contributed by atoms with van der Waals surface area (Å²) in [4.78, 5) is 43.8. The quantitative estimate of drug-likeness (QED) is 0.676. The Morgan fingerprint density at radius 1 is 1.03 bits per heavy atom. The number of piperazine rings is 1. The summed E-state index contributed by atoms with van der Waals surface area (Å²) >= 11 is 0. The van der Waals surface area contributed by atoms with Crippen LogP contribution in [0.3, 0.4) is 0 Å². The molecule has 2 aromatic heterocycles. The number of para-hydroxylation sites is 2. The third-order valence-electron chi connectivity index (χ3n) is 5.47. The van der Waals surface area contributed by atoms with E-state index in [1.807, 2.05) is 19.9 Å². The first kappa shape index (κ1) is 20.5. The third-order valence-corrected chi connectivity index (χ3v) is 5.47. The summed E-state index contributed by atoms with van der Waals surface area (Å²) in [7, 11) is 0. The Balaban J connectivity index is 1.43. The number of rotatable bonds is 3. The van der Waals surface area contributed by atoms with E-state index in [-0.39, 0.29) is 17.6 Å². The lowest BCUT2D eigenvalue weighted by atomic mass is 10.2. The summed E-state index contributed by atoms with van der Waals surface area (Å²) < 4.78 is 6.98. The van der Waals surface area contributed by atoms with Crippen LogP contribution >= 0.6 is 0 Å². The summed E-state index contributed by atoms with van der Waals surface area (Å²) in [6.45, 7) is 7.11. The molecule has 0 aliphatic carbocycles. The molecular weight excluding hydrogens is 398 g/mol. The summed E-state index contributed by atoms with van der Waals surface area (Å²) in [5, 5.41) is 2.91. The predicted octanol–water partition coefficient (Wildman–Crippen LogP) is 2.67. The Morgan fingerprint density at radius 3 is 2.32 bits per heavy atom. The number of amides is 3. The van der Waals surface area contributed by atoms with Gasteiger partial charge in [0.2, 0.25) is 0 Å². The largest absolute Gasteiger partial charge is 0.466 e. The molecule has 0 saturated carbocycles. The number of nitrogens with zero attached hydrogens (tertiary/aromatic N) is 3. The number of benzene rings is 1. The van der Waals surface area contributed by atoms with Gasteiger partial charge >= 0.3 is 11.7 Å². The lowest BCUT2D eigenvalue weighted by Crippen LogP contribution is -2.51. The molecule has 2 N–H and O–H groups in total. The highest BCUT2D eigenvalue weighted by atomic mass is 16.3. The molecule has 1 fully saturated rings. The van der Waals surface area contributed by atoms with E-state index in [1.165, 1.54) is 4.57 Å². The van der Waals surface area contributed by atoms with Crippen molar-refractivity contribution in [3.05, 3.63) is 69.8 Å². The van der Waals surface area contributed by atoms with Crippen LogP contribution in [0.5, 0.6) is 0 Å². The molecule has 0 atom stereocenters. The van der Waals surface area contributed by atoms with Gasteiger partial charge in [0, 0.05) is 38.1 Å². The van der Waals surface area contributed by atoms with Crippen LogP contribution in [-0.4, -0.2) is 57.5 Å². The van der Waals surface area contributed by atoms with E-state index in [9.17, 15) is 14.4 Å². The van der Waals surface area contributed by atoms with Gasteiger partial charge in [0.1, 0.15) is 11.5 Å². The van der Waals surface area contributed by atoms with Crippen LogP contribution in [0, 0.1) is 20.8 Å². The standard InChI is InChI=1S/C22H25N5O4/c1-14-13-23-21(29)27(14)19-7-5-4-6-18(19)24-22(30)26-10-8-25(9-11-26)20(28)17-12-15(2)31-16(17)3/h4-7,12-13H,8-11H2,1-3H3,(H,23,29)(H,24,30). The van der Waals surface area contributed by atoms with Crippen molar-refractivity contribution in [2.24, 2.45) is 0 Å². The molecule has 9 nitrogen and oxygen atoms in total. The minimum atomic E-state index is -0.267. The molecule has 1 aliphatic rings. The van der Waals surface area contributed by atoms with Crippen molar-refractivity contribution in [1.82, 2.24) is 19.4 Å². The van der Waals surface area contributed by atoms with Crippen LogP contribution in [0.4, 0.5) is 10.5 Å². The van der Waals surface area contributed by atoms with E-state index in [1.54, 1.807) is 47.2 Å². The Morgan fingerprint density at radius 2 is 1.71 bits per heavy atom. The van der Waals surface area contributed by atoms with Gasteiger partial charge in [-0.25, -0.2) is 9.59 Å².